The molecule has 140 valence electrons. The predicted molar refractivity (Wildman–Crippen MR) is 106 cm³/mol. The second kappa shape index (κ2) is 8.03. The van der Waals surface area contributed by atoms with Gasteiger partial charge in [-0.3, -0.25) is 4.79 Å². The largest absolute Gasteiger partial charge is 0.325 e. The number of hydrogen-bond donors (Lipinski definition) is 1. The molecule has 1 heterocycles. The molecule has 0 aliphatic rings. The second-order valence-electron chi connectivity index (χ2n) is 5.76. The molecule has 0 saturated heterocycles. The Morgan fingerprint density at radius 2 is 1.93 bits per heavy atom. The molecule has 0 aliphatic carbocycles. The van der Waals surface area contributed by atoms with Crippen LogP contribution in [0.2, 0.25) is 0 Å². The highest BCUT2D eigenvalue weighted by Gasteiger charge is 2.22. The Morgan fingerprint density at radius 3 is 2.59 bits per heavy atom. The van der Waals surface area contributed by atoms with Crippen molar-refractivity contribution in [1.29, 1.82) is 0 Å². The average molecular weight is 449 g/mol. The first-order valence-electron chi connectivity index (χ1n) is 7.98. The van der Waals surface area contributed by atoms with E-state index >= 15 is 0 Å². The number of rotatable bonds is 6. The molecule has 0 fully saturated rings. The molecule has 0 bridgehead atoms. The van der Waals surface area contributed by atoms with E-state index in [9.17, 15) is 13.2 Å². The minimum atomic E-state index is -3.75. The van der Waals surface area contributed by atoms with Crippen molar-refractivity contribution < 1.29 is 13.2 Å². The van der Waals surface area contributed by atoms with Crippen LogP contribution in [0, 0.1) is 0 Å². The number of nitrogens with zero attached hydrogens (tertiary/aromatic N) is 3. The van der Waals surface area contributed by atoms with E-state index in [0.717, 1.165) is 14.5 Å². The van der Waals surface area contributed by atoms with Crippen LogP contribution in [0.5, 0.6) is 0 Å². The zero-order valence-corrected chi connectivity index (χ0v) is 16.8. The third kappa shape index (κ3) is 4.62. The summed E-state index contributed by atoms with van der Waals surface area (Å²) in [6.45, 7) is -0.301. The Morgan fingerprint density at radius 1 is 1.19 bits per heavy atom. The lowest BCUT2D eigenvalue weighted by molar-refractivity contribution is -0.116. The molecule has 0 spiro atoms. The molecule has 1 amide bonds. The van der Waals surface area contributed by atoms with Crippen LogP contribution in [0.15, 0.2) is 76.4 Å². The van der Waals surface area contributed by atoms with Gasteiger partial charge in [0.2, 0.25) is 15.9 Å². The minimum absolute atomic E-state index is 0.127. The Bertz CT molecular complexity index is 1030. The SMILES string of the molecule is CN(CC(=O)Nc1cccc(-n2cccn2)c1)S(=O)(=O)c1ccc(Br)cc1. The van der Waals surface area contributed by atoms with E-state index < -0.39 is 15.9 Å². The van der Waals surface area contributed by atoms with E-state index in [2.05, 4.69) is 26.3 Å². The van der Waals surface area contributed by atoms with E-state index in [1.54, 1.807) is 53.5 Å². The van der Waals surface area contributed by atoms with Crippen molar-refractivity contribution in [3.63, 3.8) is 0 Å². The van der Waals surface area contributed by atoms with Gasteiger partial charge >= 0.3 is 0 Å². The summed E-state index contributed by atoms with van der Waals surface area (Å²) < 4.78 is 28.6. The van der Waals surface area contributed by atoms with Crippen LogP contribution in [0.4, 0.5) is 5.69 Å². The van der Waals surface area contributed by atoms with Gasteiger partial charge < -0.3 is 5.32 Å². The summed E-state index contributed by atoms with van der Waals surface area (Å²) in [4.78, 5) is 12.4. The number of likely N-dealkylation sites (N-methyl/N-ethyl adjacent to an activating group) is 1. The molecule has 2 aromatic carbocycles. The van der Waals surface area contributed by atoms with Crippen LogP contribution < -0.4 is 5.32 Å². The normalized spacial score (nSPS) is 11.5. The average Bonchev–Trinajstić information content (AvgIpc) is 3.17. The zero-order valence-electron chi connectivity index (χ0n) is 14.4. The number of aromatic nitrogens is 2. The van der Waals surface area contributed by atoms with Gasteiger partial charge in [0.1, 0.15) is 0 Å². The molecule has 0 radical (unpaired) electrons. The summed E-state index contributed by atoms with van der Waals surface area (Å²) in [6, 6.07) is 15.2. The number of carbonyl (C=O) groups excluding carboxylic acids is 1. The molecule has 0 atom stereocenters. The van der Waals surface area contributed by atoms with Gasteiger partial charge in [-0.05, 0) is 48.5 Å². The number of sulfonamides is 1. The van der Waals surface area contributed by atoms with Crippen LogP contribution in [0.3, 0.4) is 0 Å². The first-order chi connectivity index (χ1) is 12.9. The van der Waals surface area contributed by atoms with E-state index in [0.29, 0.717) is 5.69 Å². The molecule has 7 nitrogen and oxygen atoms in total. The molecule has 0 aliphatic heterocycles. The summed E-state index contributed by atoms with van der Waals surface area (Å²) in [7, 11) is -2.38. The molecule has 1 N–H and O–H groups in total. The lowest BCUT2D eigenvalue weighted by Crippen LogP contribution is -2.34. The molecule has 3 aromatic rings. The lowest BCUT2D eigenvalue weighted by atomic mass is 10.2. The summed E-state index contributed by atoms with van der Waals surface area (Å²) in [6.07, 6.45) is 3.45. The number of hydrogen-bond acceptors (Lipinski definition) is 4. The van der Waals surface area contributed by atoms with Crippen molar-refractivity contribution >= 4 is 37.5 Å². The van der Waals surface area contributed by atoms with Crippen molar-refractivity contribution in [1.82, 2.24) is 14.1 Å². The highest BCUT2D eigenvalue weighted by molar-refractivity contribution is 9.10. The molecule has 9 heteroatoms. The minimum Gasteiger partial charge on any atom is -0.325 e. The number of halogens is 1. The van der Waals surface area contributed by atoms with Crippen LogP contribution in [0.25, 0.3) is 5.69 Å². The Labute approximate surface area is 165 Å². The first-order valence-corrected chi connectivity index (χ1v) is 10.2. The van der Waals surface area contributed by atoms with Gasteiger partial charge in [0.25, 0.3) is 0 Å². The van der Waals surface area contributed by atoms with E-state index in [1.807, 2.05) is 6.07 Å². The molecule has 0 saturated carbocycles. The van der Waals surface area contributed by atoms with E-state index in [4.69, 9.17) is 0 Å². The molecule has 27 heavy (non-hydrogen) atoms. The number of anilines is 1. The first kappa shape index (κ1) is 19.3. The number of benzene rings is 2. The van der Waals surface area contributed by atoms with Crippen molar-refractivity contribution in [2.45, 2.75) is 4.90 Å². The van der Waals surface area contributed by atoms with Gasteiger partial charge in [0, 0.05) is 29.6 Å². The standard InChI is InChI=1S/C18H17BrN4O3S/c1-22(27(25,26)17-8-6-14(19)7-9-17)13-18(24)21-15-4-2-5-16(12-15)23-11-3-10-20-23/h2-12H,13H2,1H3,(H,21,24). The third-order valence-electron chi connectivity index (χ3n) is 3.79. The summed E-state index contributed by atoms with van der Waals surface area (Å²) in [5.41, 5.74) is 1.34. The fourth-order valence-electron chi connectivity index (χ4n) is 2.42. The molecule has 3 rings (SSSR count). The predicted octanol–water partition coefficient (Wildman–Crippen LogP) is 2.89. The van der Waals surface area contributed by atoms with Crippen molar-refractivity contribution in [2.24, 2.45) is 0 Å². The molecular weight excluding hydrogens is 432 g/mol. The second-order valence-corrected chi connectivity index (χ2v) is 8.72. The number of carbonyl (C=O) groups is 1. The van der Waals surface area contributed by atoms with Crippen molar-refractivity contribution in [3.05, 3.63) is 71.5 Å². The summed E-state index contributed by atoms with van der Waals surface area (Å²) in [5, 5.41) is 6.85. The van der Waals surface area contributed by atoms with Gasteiger partial charge in [0.05, 0.1) is 17.1 Å². The quantitative estimate of drug-likeness (QED) is 0.628. The van der Waals surface area contributed by atoms with Crippen LogP contribution in [-0.2, 0) is 14.8 Å². The van der Waals surface area contributed by atoms with Gasteiger partial charge in [-0.15, -0.1) is 0 Å². The maximum atomic E-state index is 12.6. The third-order valence-corrected chi connectivity index (χ3v) is 6.13. The number of nitrogens with one attached hydrogen (secondary N) is 1. The lowest BCUT2D eigenvalue weighted by Gasteiger charge is -2.17. The van der Waals surface area contributed by atoms with Crippen molar-refractivity contribution in [3.8, 4) is 5.69 Å². The van der Waals surface area contributed by atoms with E-state index in [-0.39, 0.29) is 11.4 Å². The monoisotopic (exact) mass is 448 g/mol. The van der Waals surface area contributed by atoms with Gasteiger partial charge in [0.15, 0.2) is 0 Å². The highest BCUT2D eigenvalue weighted by Crippen LogP contribution is 2.18. The number of amides is 1. The fourth-order valence-corrected chi connectivity index (χ4v) is 3.81. The van der Waals surface area contributed by atoms with Crippen LogP contribution >= 0.6 is 15.9 Å². The summed E-state index contributed by atoms with van der Waals surface area (Å²) >= 11 is 3.27. The maximum Gasteiger partial charge on any atom is 0.243 e. The van der Waals surface area contributed by atoms with Gasteiger partial charge in [-0.25, -0.2) is 13.1 Å². The Hall–Kier alpha value is -2.49. The highest BCUT2D eigenvalue weighted by atomic mass is 79.9. The van der Waals surface area contributed by atoms with Crippen molar-refractivity contribution in [2.75, 3.05) is 18.9 Å². The molecular formula is C18H17BrN4O3S. The van der Waals surface area contributed by atoms with Gasteiger partial charge in [-0.1, -0.05) is 22.0 Å². The zero-order chi connectivity index (χ0) is 19.4. The molecule has 1 aromatic heterocycles. The summed E-state index contributed by atoms with van der Waals surface area (Å²) in [5.74, 6) is -0.434. The smallest absolute Gasteiger partial charge is 0.243 e. The molecule has 0 unspecified atom stereocenters. The fraction of sp³-hybridized carbons (Fsp3) is 0.111. The maximum absolute atomic E-state index is 12.6. The van der Waals surface area contributed by atoms with Gasteiger partial charge in [-0.2, -0.15) is 9.40 Å². The van der Waals surface area contributed by atoms with E-state index in [1.165, 1.54) is 19.2 Å². The van der Waals surface area contributed by atoms with Crippen LogP contribution in [0.1, 0.15) is 0 Å². The Balaban J connectivity index is 1.68. The topological polar surface area (TPSA) is 84.3 Å². The van der Waals surface area contributed by atoms with Crippen LogP contribution in [-0.4, -0.2) is 42.0 Å². The Kier molecular flexibility index (Phi) is 5.73.